The van der Waals surface area contributed by atoms with Gasteiger partial charge < -0.3 is 14.7 Å². The van der Waals surface area contributed by atoms with E-state index in [-0.39, 0.29) is 5.56 Å². The van der Waals surface area contributed by atoms with Gasteiger partial charge in [0.15, 0.2) is 0 Å². The maximum absolute atomic E-state index is 14.3. The molecule has 6 nitrogen and oxygen atoms in total. The molecule has 1 aromatic rings. The Morgan fingerprint density at radius 3 is 2.42 bits per heavy atom. The van der Waals surface area contributed by atoms with Crippen molar-refractivity contribution in [2.75, 3.05) is 53.4 Å². The molecule has 0 aromatic heterocycles. The van der Waals surface area contributed by atoms with Gasteiger partial charge in [0.25, 0.3) is 0 Å². The molecule has 0 radical (unpaired) electrons. The van der Waals surface area contributed by atoms with Crippen LogP contribution in [-0.2, 0) is 4.79 Å². The molecule has 1 aromatic carbocycles. The first kappa shape index (κ1) is 19.1. The van der Waals surface area contributed by atoms with Gasteiger partial charge in [-0.25, -0.2) is 4.39 Å². The highest BCUT2D eigenvalue weighted by atomic mass is 19.1. The van der Waals surface area contributed by atoms with E-state index in [4.69, 9.17) is 4.74 Å². The van der Waals surface area contributed by atoms with Crippen molar-refractivity contribution in [1.82, 2.24) is 14.7 Å². The van der Waals surface area contributed by atoms with E-state index in [2.05, 4.69) is 16.8 Å². The fourth-order valence-corrected chi connectivity index (χ4v) is 4.07. The Bertz CT molecular complexity index is 626. The zero-order valence-corrected chi connectivity index (χ0v) is 15.5. The number of piperidine rings is 1. The molecule has 2 heterocycles. The van der Waals surface area contributed by atoms with E-state index in [1.54, 1.807) is 0 Å². The smallest absolute Gasteiger partial charge is 0.325 e. The lowest BCUT2D eigenvalue weighted by atomic mass is 10.0. The van der Waals surface area contributed by atoms with Crippen molar-refractivity contribution in [1.29, 1.82) is 0 Å². The molecule has 0 aliphatic carbocycles. The predicted molar refractivity (Wildman–Crippen MR) is 97.0 cm³/mol. The number of piperazine rings is 1. The Labute approximate surface area is 154 Å². The summed E-state index contributed by atoms with van der Waals surface area (Å²) in [6.07, 6.45) is 2.31. The van der Waals surface area contributed by atoms with Crippen molar-refractivity contribution in [2.24, 2.45) is 0 Å². The number of aliphatic carboxylic acids is 1. The Kier molecular flexibility index (Phi) is 6.11. The van der Waals surface area contributed by atoms with Crippen LogP contribution in [0.4, 0.5) is 4.39 Å². The molecular weight excluding hydrogens is 337 g/mol. The van der Waals surface area contributed by atoms with E-state index in [0.717, 1.165) is 39.0 Å². The first-order chi connectivity index (χ1) is 12.5. The van der Waals surface area contributed by atoms with E-state index in [9.17, 15) is 14.3 Å². The van der Waals surface area contributed by atoms with Gasteiger partial charge in [-0.05, 0) is 51.2 Å². The van der Waals surface area contributed by atoms with E-state index in [1.807, 2.05) is 4.90 Å². The molecular formula is C19H28FN3O3. The number of carbonyl (C=O) groups is 1. The van der Waals surface area contributed by atoms with E-state index in [1.165, 1.54) is 25.3 Å². The SMILES string of the molecule is COc1ccc(F)c([C@H](C(=O)O)N2CCN(C3CCN(C)CC3)CC2)c1. The molecule has 2 fully saturated rings. The van der Waals surface area contributed by atoms with Gasteiger partial charge in [0, 0.05) is 37.8 Å². The second-order valence-corrected chi connectivity index (χ2v) is 7.23. The molecule has 2 aliphatic heterocycles. The van der Waals surface area contributed by atoms with Gasteiger partial charge in [-0.2, -0.15) is 0 Å². The molecule has 0 saturated carbocycles. The number of hydrogen-bond acceptors (Lipinski definition) is 5. The van der Waals surface area contributed by atoms with Gasteiger partial charge >= 0.3 is 5.97 Å². The number of benzene rings is 1. The van der Waals surface area contributed by atoms with Crippen LogP contribution < -0.4 is 4.74 Å². The largest absolute Gasteiger partial charge is 0.497 e. The van der Waals surface area contributed by atoms with Gasteiger partial charge in [0.2, 0.25) is 0 Å². The molecule has 3 rings (SSSR count). The summed E-state index contributed by atoms with van der Waals surface area (Å²) in [5.41, 5.74) is 0.171. The van der Waals surface area contributed by atoms with Crippen LogP contribution >= 0.6 is 0 Å². The minimum absolute atomic E-state index is 0.171. The fraction of sp³-hybridized carbons (Fsp3) is 0.632. The number of rotatable bonds is 5. The number of nitrogens with zero attached hydrogens (tertiary/aromatic N) is 3. The molecule has 1 atom stereocenters. The van der Waals surface area contributed by atoms with Crippen molar-refractivity contribution >= 4 is 5.97 Å². The number of carboxylic acid groups (broad SMARTS) is 1. The third-order valence-corrected chi connectivity index (χ3v) is 5.65. The van der Waals surface area contributed by atoms with Crippen molar-refractivity contribution < 1.29 is 19.0 Å². The number of halogens is 1. The minimum Gasteiger partial charge on any atom is -0.497 e. The number of ether oxygens (including phenoxy) is 1. The Balaban J connectivity index is 1.68. The lowest BCUT2D eigenvalue weighted by Gasteiger charge is -2.43. The summed E-state index contributed by atoms with van der Waals surface area (Å²) in [4.78, 5) is 18.6. The van der Waals surface area contributed by atoms with Crippen LogP contribution in [-0.4, -0.2) is 85.2 Å². The Hall–Kier alpha value is -1.70. The standard InChI is InChI=1S/C19H28FN3O3/c1-21-7-5-14(6-8-21)22-9-11-23(12-10-22)18(19(24)25)16-13-15(26-2)3-4-17(16)20/h3-4,13-14,18H,5-12H2,1-2H3,(H,24,25)/t18-/m1/s1. The van der Waals surface area contributed by atoms with Gasteiger partial charge in [-0.1, -0.05) is 0 Å². The number of carboxylic acids is 1. The molecule has 26 heavy (non-hydrogen) atoms. The maximum Gasteiger partial charge on any atom is 0.325 e. The minimum atomic E-state index is -1.02. The molecule has 7 heteroatoms. The van der Waals surface area contributed by atoms with E-state index >= 15 is 0 Å². The Morgan fingerprint density at radius 1 is 1.19 bits per heavy atom. The average Bonchev–Trinajstić information content (AvgIpc) is 2.64. The van der Waals surface area contributed by atoms with Crippen molar-refractivity contribution in [3.8, 4) is 5.75 Å². The van der Waals surface area contributed by atoms with Crippen LogP contribution in [0.1, 0.15) is 24.4 Å². The van der Waals surface area contributed by atoms with Crippen molar-refractivity contribution in [2.45, 2.75) is 24.9 Å². The van der Waals surface area contributed by atoms with Crippen LogP contribution in [0.5, 0.6) is 5.75 Å². The summed E-state index contributed by atoms with van der Waals surface area (Å²) in [7, 11) is 3.64. The van der Waals surface area contributed by atoms with Gasteiger partial charge in [0.05, 0.1) is 7.11 Å². The highest BCUT2D eigenvalue weighted by molar-refractivity contribution is 5.76. The third-order valence-electron chi connectivity index (χ3n) is 5.65. The van der Waals surface area contributed by atoms with Crippen LogP contribution in [0.15, 0.2) is 18.2 Å². The van der Waals surface area contributed by atoms with Crippen LogP contribution in [0, 0.1) is 5.82 Å². The molecule has 0 spiro atoms. The van der Waals surface area contributed by atoms with Crippen molar-refractivity contribution in [3.63, 3.8) is 0 Å². The molecule has 2 saturated heterocycles. The van der Waals surface area contributed by atoms with Crippen LogP contribution in [0.3, 0.4) is 0 Å². The van der Waals surface area contributed by atoms with Crippen molar-refractivity contribution in [3.05, 3.63) is 29.6 Å². The summed E-state index contributed by atoms with van der Waals surface area (Å²) < 4.78 is 19.5. The normalized spacial score (nSPS) is 22.3. The summed E-state index contributed by atoms with van der Waals surface area (Å²) in [6.45, 7) is 5.11. The fourth-order valence-electron chi connectivity index (χ4n) is 4.07. The monoisotopic (exact) mass is 365 g/mol. The van der Waals surface area contributed by atoms with E-state index in [0.29, 0.717) is 24.9 Å². The summed E-state index contributed by atoms with van der Waals surface area (Å²) >= 11 is 0. The van der Waals surface area contributed by atoms with Crippen LogP contribution in [0.25, 0.3) is 0 Å². The Morgan fingerprint density at radius 2 is 1.85 bits per heavy atom. The highest BCUT2D eigenvalue weighted by Crippen LogP contribution is 2.29. The topological polar surface area (TPSA) is 56.3 Å². The lowest BCUT2D eigenvalue weighted by Crippen LogP contribution is -2.54. The quantitative estimate of drug-likeness (QED) is 0.857. The first-order valence-corrected chi connectivity index (χ1v) is 9.22. The number of methoxy groups -OCH3 is 1. The third kappa shape index (κ3) is 4.16. The maximum atomic E-state index is 14.3. The van der Waals surface area contributed by atoms with Crippen LogP contribution in [0.2, 0.25) is 0 Å². The molecule has 144 valence electrons. The zero-order chi connectivity index (χ0) is 18.7. The predicted octanol–water partition coefficient (Wildman–Crippen LogP) is 1.67. The second kappa shape index (κ2) is 8.33. The molecule has 0 bridgehead atoms. The first-order valence-electron chi connectivity index (χ1n) is 9.22. The highest BCUT2D eigenvalue weighted by Gasteiger charge is 2.34. The summed E-state index contributed by atoms with van der Waals surface area (Å²) in [6, 6.07) is 3.88. The number of hydrogen-bond donors (Lipinski definition) is 1. The summed E-state index contributed by atoms with van der Waals surface area (Å²) in [5.74, 6) is -1.06. The molecule has 1 N–H and O–H groups in total. The average molecular weight is 365 g/mol. The molecule has 0 unspecified atom stereocenters. The zero-order valence-electron chi connectivity index (χ0n) is 15.5. The molecule has 2 aliphatic rings. The summed E-state index contributed by atoms with van der Waals surface area (Å²) in [5, 5.41) is 9.74. The van der Waals surface area contributed by atoms with Gasteiger partial charge in [-0.3, -0.25) is 14.6 Å². The van der Waals surface area contributed by atoms with E-state index < -0.39 is 17.8 Å². The lowest BCUT2D eigenvalue weighted by molar-refractivity contribution is -0.144. The van der Waals surface area contributed by atoms with Gasteiger partial charge in [-0.15, -0.1) is 0 Å². The van der Waals surface area contributed by atoms with Gasteiger partial charge in [0.1, 0.15) is 17.6 Å². The molecule has 0 amide bonds. The second-order valence-electron chi connectivity index (χ2n) is 7.23. The number of likely N-dealkylation sites (tertiary alicyclic amines) is 1.